The van der Waals surface area contributed by atoms with E-state index in [4.69, 9.17) is 0 Å². The average molecular weight is 401 g/mol. The fraction of sp³-hybridized carbons (Fsp3) is 0.312. The zero-order chi connectivity index (χ0) is 18.5. The van der Waals surface area contributed by atoms with Crippen molar-refractivity contribution in [3.05, 3.63) is 39.0 Å². The highest BCUT2D eigenvalue weighted by Gasteiger charge is 2.30. The molecule has 1 fully saturated rings. The number of imidazole rings is 1. The van der Waals surface area contributed by atoms with E-state index < -0.39 is 0 Å². The Morgan fingerprint density at radius 2 is 1.89 bits per heavy atom. The number of anilines is 2. The third-order valence-corrected chi connectivity index (χ3v) is 6.42. The Labute approximate surface area is 161 Å². The number of fused-ring (bicyclic) bond motifs is 2. The average Bonchev–Trinajstić information content (AvgIpc) is 3.33. The number of hydrogen-bond acceptors (Lipinski definition) is 9. The van der Waals surface area contributed by atoms with E-state index in [0.29, 0.717) is 23.9 Å². The van der Waals surface area contributed by atoms with Gasteiger partial charge in [-0.15, -0.1) is 11.3 Å². The van der Waals surface area contributed by atoms with Crippen molar-refractivity contribution in [1.82, 2.24) is 19.4 Å². The summed E-state index contributed by atoms with van der Waals surface area (Å²) in [4.78, 5) is 31.6. The number of thiazole rings is 1. The number of nitro groups is 1. The topological polar surface area (TPSA) is 92.7 Å². The normalized spacial score (nSPS) is 15.1. The van der Waals surface area contributed by atoms with Gasteiger partial charge in [-0.3, -0.25) is 0 Å². The van der Waals surface area contributed by atoms with E-state index in [0.717, 1.165) is 29.1 Å². The number of thiophene rings is 1. The molecule has 1 aliphatic rings. The predicted octanol–water partition coefficient (Wildman–Crippen LogP) is 2.94. The Morgan fingerprint density at radius 3 is 2.63 bits per heavy atom. The summed E-state index contributed by atoms with van der Waals surface area (Å²) in [5, 5.41) is 14.4. The third kappa shape index (κ3) is 2.61. The maximum atomic E-state index is 11.6. The van der Waals surface area contributed by atoms with Crippen LogP contribution in [0.15, 0.2) is 24.0 Å². The first-order valence-electron chi connectivity index (χ1n) is 8.43. The van der Waals surface area contributed by atoms with Gasteiger partial charge in [0.05, 0.1) is 5.39 Å². The number of hydrogen-bond donors (Lipinski definition) is 0. The highest BCUT2D eigenvalue weighted by atomic mass is 32.1. The molecular formula is C16H15N7O2S2. The van der Waals surface area contributed by atoms with Gasteiger partial charge in [0.1, 0.15) is 23.2 Å². The van der Waals surface area contributed by atoms with Crippen molar-refractivity contribution in [2.24, 2.45) is 0 Å². The quantitative estimate of drug-likeness (QED) is 0.385. The van der Waals surface area contributed by atoms with E-state index in [1.807, 2.05) is 4.90 Å². The second-order valence-electron chi connectivity index (χ2n) is 6.32. The largest absolute Gasteiger partial charge is 0.373 e. The molecule has 0 aliphatic carbocycles. The molecule has 0 unspecified atom stereocenters. The Bertz CT molecular complexity index is 1160. The molecule has 4 aromatic heterocycles. The van der Waals surface area contributed by atoms with Gasteiger partial charge in [-0.2, -0.15) is 9.38 Å². The maximum absolute atomic E-state index is 11.6. The van der Waals surface area contributed by atoms with E-state index in [2.05, 4.69) is 32.8 Å². The molecule has 0 spiro atoms. The highest BCUT2D eigenvalue weighted by Crippen LogP contribution is 2.33. The van der Waals surface area contributed by atoms with Crippen molar-refractivity contribution < 1.29 is 4.92 Å². The van der Waals surface area contributed by atoms with Crippen molar-refractivity contribution in [2.45, 2.75) is 6.92 Å². The van der Waals surface area contributed by atoms with E-state index in [9.17, 15) is 10.1 Å². The Hall–Kier alpha value is -2.79. The van der Waals surface area contributed by atoms with E-state index in [-0.39, 0.29) is 10.7 Å². The first-order chi connectivity index (χ1) is 13.1. The summed E-state index contributed by atoms with van der Waals surface area (Å²) in [6.07, 6.45) is 3.30. The van der Waals surface area contributed by atoms with Crippen LogP contribution in [0, 0.1) is 17.0 Å². The summed E-state index contributed by atoms with van der Waals surface area (Å²) in [6.45, 7) is 4.82. The van der Waals surface area contributed by atoms with Crippen LogP contribution in [0.3, 0.4) is 0 Å². The molecule has 0 N–H and O–H groups in total. The van der Waals surface area contributed by atoms with Gasteiger partial charge < -0.3 is 19.9 Å². The lowest BCUT2D eigenvalue weighted by atomic mass is 10.2. The molecule has 0 atom stereocenters. The minimum Gasteiger partial charge on any atom is -0.358 e. The van der Waals surface area contributed by atoms with Crippen molar-refractivity contribution >= 4 is 55.3 Å². The molecule has 0 saturated carbocycles. The van der Waals surface area contributed by atoms with Gasteiger partial charge in [-0.1, -0.05) is 11.3 Å². The Kier molecular flexibility index (Phi) is 3.72. The molecule has 11 heteroatoms. The van der Waals surface area contributed by atoms with Crippen molar-refractivity contribution in [3.8, 4) is 0 Å². The summed E-state index contributed by atoms with van der Waals surface area (Å²) < 4.78 is 1.55. The van der Waals surface area contributed by atoms with Crippen molar-refractivity contribution in [2.75, 3.05) is 36.0 Å². The van der Waals surface area contributed by atoms with Crippen LogP contribution in [0.2, 0.25) is 0 Å². The molecule has 27 heavy (non-hydrogen) atoms. The fourth-order valence-electron chi connectivity index (χ4n) is 3.49. The summed E-state index contributed by atoms with van der Waals surface area (Å²) in [5.74, 6) is 1.42. The molecule has 0 aromatic carbocycles. The maximum Gasteiger partial charge on any atom is 0.373 e. The van der Waals surface area contributed by atoms with Crippen LogP contribution in [-0.2, 0) is 0 Å². The second kappa shape index (κ2) is 6.13. The molecule has 0 amide bonds. The zero-order valence-corrected chi connectivity index (χ0v) is 16.0. The van der Waals surface area contributed by atoms with Gasteiger partial charge in [0, 0.05) is 36.4 Å². The lowest BCUT2D eigenvalue weighted by Gasteiger charge is -2.35. The number of nitrogens with zero attached hydrogens (tertiary/aromatic N) is 7. The van der Waals surface area contributed by atoms with Crippen molar-refractivity contribution in [3.63, 3.8) is 0 Å². The summed E-state index contributed by atoms with van der Waals surface area (Å²) in [7, 11) is 0. The fourth-order valence-corrected chi connectivity index (χ4v) is 5.04. The van der Waals surface area contributed by atoms with Gasteiger partial charge in [-0.25, -0.2) is 9.97 Å². The summed E-state index contributed by atoms with van der Waals surface area (Å²) in [6, 6.07) is 2.12. The molecule has 138 valence electrons. The molecule has 1 aliphatic heterocycles. The van der Waals surface area contributed by atoms with E-state index >= 15 is 0 Å². The molecule has 4 aromatic rings. The highest BCUT2D eigenvalue weighted by molar-refractivity contribution is 7.18. The van der Waals surface area contributed by atoms with Gasteiger partial charge in [0.2, 0.25) is 5.82 Å². The number of aromatic nitrogens is 4. The minimum atomic E-state index is -0.351. The smallest absolute Gasteiger partial charge is 0.358 e. The zero-order valence-electron chi connectivity index (χ0n) is 14.4. The van der Waals surface area contributed by atoms with Crippen LogP contribution in [0.1, 0.15) is 4.88 Å². The van der Waals surface area contributed by atoms with Crippen LogP contribution in [-0.4, -0.2) is 50.5 Å². The van der Waals surface area contributed by atoms with E-state index in [1.165, 1.54) is 16.2 Å². The minimum absolute atomic E-state index is 0.0394. The van der Waals surface area contributed by atoms with Gasteiger partial charge >= 0.3 is 5.82 Å². The van der Waals surface area contributed by atoms with Crippen LogP contribution in [0.4, 0.5) is 17.5 Å². The van der Waals surface area contributed by atoms with E-state index in [1.54, 1.807) is 33.6 Å². The number of rotatable bonds is 3. The van der Waals surface area contributed by atoms with Crippen LogP contribution < -0.4 is 9.80 Å². The van der Waals surface area contributed by atoms with Crippen LogP contribution in [0.5, 0.6) is 0 Å². The first kappa shape index (κ1) is 16.4. The molecular weight excluding hydrogens is 386 g/mol. The lowest BCUT2D eigenvalue weighted by molar-refractivity contribution is -0.389. The number of aryl methyl sites for hydroxylation is 1. The monoisotopic (exact) mass is 401 g/mol. The second-order valence-corrected chi connectivity index (χ2v) is 8.43. The summed E-state index contributed by atoms with van der Waals surface area (Å²) in [5.41, 5.74) is 0. The Morgan fingerprint density at radius 1 is 1.15 bits per heavy atom. The first-order valence-corrected chi connectivity index (χ1v) is 10.1. The number of piperazine rings is 1. The molecule has 5 heterocycles. The molecule has 0 bridgehead atoms. The summed E-state index contributed by atoms with van der Waals surface area (Å²) >= 11 is 3.06. The standard InChI is InChI=1S/C16H15N7O2S2/c1-10-8-11-12(17-9-18-14(11)27-10)20-2-4-21(5-3-20)13-15(23(24)25)22-6-7-26-16(22)19-13/h6-9H,2-5H2,1H3. The molecule has 9 nitrogen and oxygen atoms in total. The van der Waals surface area contributed by atoms with Crippen LogP contribution in [0.25, 0.3) is 15.2 Å². The molecule has 5 rings (SSSR count). The predicted molar refractivity (Wildman–Crippen MR) is 106 cm³/mol. The van der Waals surface area contributed by atoms with Gasteiger partial charge in [0.25, 0.3) is 4.96 Å². The van der Waals surface area contributed by atoms with Gasteiger partial charge in [0.15, 0.2) is 0 Å². The lowest BCUT2D eigenvalue weighted by Crippen LogP contribution is -2.47. The SMILES string of the molecule is Cc1cc2c(N3CCN(c4nc5sccn5c4[N+](=O)[O-])CC3)ncnc2s1. The van der Waals surface area contributed by atoms with Crippen LogP contribution >= 0.6 is 22.7 Å². The van der Waals surface area contributed by atoms with Crippen molar-refractivity contribution in [1.29, 1.82) is 0 Å². The Balaban J connectivity index is 1.43. The molecule has 0 radical (unpaired) electrons. The molecule has 1 saturated heterocycles. The third-order valence-electron chi connectivity index (χ3n) is 4.70. The van der Waals surface area contributed by atoms with Gasteiger partial charge in [-0.05, 0) is 17.9 Å².